The Labute approximate surface area is 124 Å². The van der Waals surface area contributed by atoms with E-state index in [0.29, 0.717) is 12.8 Å². The van der Waals surface area contributed by atoms with Gasteiger partial charge < -0.3 is 5.73 Å². The van der Waals surface area contributed by atoms with E-state index < -0.39 is 12.1 Å². The van der Waals surface area contributed by atoms with Crippen molar-refractivity contribution in [2.45, 2.75) is 32.0 Å². The van der Waals surface area contributed by atoms with Gasteiger partial charge in [0, 0.05) is 6.54 Å². The highest BCUT2D eigenvalue weighted by Crippen LogP contribution is 2.39. The number of nitrogens with two attached hydrogens (primary N) is 1. The highest BCUT2D eigenvalue weighted by atomic mass is 19.4. The average molecular weight is 300 g/mol. The number of hydrogen-bond donors (Lipinski definition) is 1. The lowest BCUT2D eigenvalue weighted by Crippen LogP contribution is -2.40. The molecule has 1 heterocycles. The Balaban J connectivity index is 1.87. The van der Waals surface area contributed by atoms with Crippen LogP contribution in [0.3, 0.4) is 0 Å². The standard InChI is InChI=1S/C16H23F3N2/c17-16(18,19)15(6-9-20)14-7-10-21(11-8-14)12-13-4-2-1-3-5-13/h1-5,14-15H,6-12,20H2. The molecule has 1 atom stereocenters. The fraction of sp³-hybridized carbons (Fsp3) is 0.625. The summed E-state index contributed by atoms with van der Waals surface area (Å²) in [4.78, 5) is 2.24. The zero-order valence-electron chi connectivity index (χ0n) is 12.1. The molecule has 0 aromatic heterocycles. The van der Waals surface area contributed by atoms with Crippen molar-refractivity contribution >= 4 is 0 Å². The fourth-order valence-corrected chi connectivity index (χ4v) is 3.20. The van der Waals surface area contributed by atoms with Gasteiger partial charge in [-0.05, 0) is 50.4 Å². The van der Waals surface area contributed by atoms with Crippen molar-refractivity contribution in [2.24, 2.45) is 17.6 Å². The third kappa shape index (κ3) is 4.71. The van der Waals surface area contributed by atoms with Gasteiger partial charge in [0.2, 0.25) is 0 Å². The summed E-state index contributed by atoms with van der Waals surface area (Å²) in [6.45, 7) is 2.39. The zero-order chi connectivity index (χ0) is 15.3. The van der Waals surface area contributed by atoms with Crippen LogP contribution in [-0.4, -0.2) is 30.7 Å². The minimum atomic E-state index is -4.12. The number of benzene rings is 1. The van der Waals surface area contributed by atoms with E-state index in [1.54, 1.807) is 0 Å². The topological polar surface area (TPSA) is 29.3 Å². The van der Waals surface area contributed by atoms with Crippen LogP contribution in [0.5, 0.6) is 0 Å². The van der Waals surface area contributed by atoms with E-state index >= 15 is 0 Å². The molecule has 21 heavy (non-hydrogen) atoms. The van der Waals surface area contributed by atoms with Gasteiger partial charge in [-0.3, -0.25) is 4.90 Å². The number of likely N-dealkylation sites (tertiary alicyclic amines) is 1. The number of alkyl halides is 3. The second-order valence-electron chi connectivity index (χ2n) is 5.82. The van der Waals surface area contributed by atoms with Crippen LogP contribution in [0.15, 0.2) is 30.3 Å². The van der Waals surface area contributed by atoms with Crippen molar-refractivity contribution in [3.05, 3.63) is 35.9 Å². The van der Waals surface area contributed by atoms with Gasteiger partial charge in [-0.1, -0.05) is 30.3 Å². The van der Waals surface area contributed by atoms with E-state index in [9.17, 15) is 13.2 Å². The van der Waals surface area contributed by atoms with Gasteiger partial charge >= 0.3 is 6.18 Å². The van der Waals surface area contributed by atoms with E-state index in [4.69, 9.17) is 5.73 Å². The first-order chi connectivity index (χ1) is 10.0. The summed E-state index contributed by atoms with van der Waals surface area (Å²) in [6.07, 6.45) is -2.85. The molecule has 5 heteroatoms. The van der Waals surface area contributed by atoms with Crippen molar-refractivity contribution in [2.75, 3.05) is 19.6 Å². The molecule has 1 fully saturated rings. The Hall–Kier alpha value is -1.07. The Kier molecular flexibility index (Phi) is 5.65. The minimum Gasteiger partial charge on any atom is -0.330 e. The van der Waals surface area contributed by atoms with Gasteiger partial charge in [-0.15, -0.1) is 0 Å². The van der Waals surface area contributed by atoms with Crippen LogP contribution in [0, 0.1) is 11.8 Å². The number of halogens is 3. The summed E-state index contributed by atoms with van der Waals surface area (Å²) in [5.74, 6) is -1.51. The molecular weight excluding hydrogens is 277 g/mol. The number of nitrogens with zero attached hydrogens (tertiary/aromatic N) is 1. The van der Waals surface area contributed by atoms with Gasteiger partial charge in [0.1, 0.15) is 0 Å². The molecule has 0 bridgehead atoms. The van der Waals surface area contributed by atoms with Gasteiger partial charge in [-0.25, -0.2) is 0 Å². The Bertz CT molecular complexity index is 411. The first kappa shape index (κ1) is 16.3. The quantitative estimate of drug-likeness (QED) is 0.903. The Morgan fingerprint density at radius 1 is 1.14 bits per heavy atom. The van der Waals surface area contributed by atoms with E-state index in [1.165, 1.54) is 5.56 Å². The molecule has 0 spiro atoms. The molecule has 1 aliphatic heterocycles. The van der Waals surface area contributed by atoms with Gasteiger partial charge in [0.05, 0.1) is 5.92 Å². The molecule has 1 aliphatic rings. The van der Waals surface area contributed by atoms with Crippen molar-refractivity contribution in [1.29, 1.82) is 0 Å². The van der Waals surface area contributed by atoms with Crippen molar-refractivity contribution in [3.8, 4) is 0 Å². The van der Waals surface area contributed by atoms with Gasteiger partial charge in [-0.2, -0.15) is 13.2 Å². The number of piperidine rings is 1. The molecule has 1 aromatic carbocycles. The number of hydrogen-bond acceptors (Lipinski definition) is 2. The molecule has 1 aromatic rings. The maximum Gasteiger partial charge on any atom is 0.392 e. The van der Waals surface area contributed by atoms with E-state index in [-0.39, 0.29) is 18.9 Å². The summed E-state index contributed by atoms with van der Waals surface area (Å²) >= 11 is 0. The molecule has 0 aliphatic carbocycles. The van der Waals surface area contributed by atoms with Crippen molar-refractivity contribution in [1.82, 2.24) is 4.90 Å². The second kappa shape index (κ2) is 7.27. The lowest BCUT2D eigenvalue weighted by Gasteiger charge is -2.36. The lowest BCUT2D eigenvalue weighted by molar-refractivity contribution is -0.194. The van der Waals surface area contributed by atoms with Crippen molar-refractivity contribution < 1.29 is 13.2 Å². The Morgan fingerprint density at radius 2 is 1.76 bits per heavy atom. The summed E-state index contributed by atoms with van der Waals surface area (Å²) in [6, 6.07) is 10.1. The third-order valence-electron chi connectivity index (χ3n) is 4.35. The second-order valence-corrected chi connectivity index (χ2v) is 5.82. The van der Waals surface area contributed by atoms with Crippen molar-refractivity contribution in [3.63, 3.8) is 0 Å². The smallest absolute Gasteiger partial charge is 0.330 e. The molecular formula is C16H23F3N2. The van der Waals surface area contributed by atoms with Crippen LogP contribution < -0.4 is 5.73 Å². The summed E-state index contributed by atoms with van der Waals surface area (Å²) in [5, 5.41) is 0. The van der Waals surface area contributed by atoms with Crippen LogP contribution >= 0.6 is 0 Å². The molecule has 0 amide bonds. The maximum absolute atomic E-state index is 13.1. The highest BCUT2D eigenvalue weighted by Gasteiger charge is 2.44. The highest BCUT2D eigenvalue weighted by molar-refractivity contribution is 5.14. The fourth-order valence-electron chi connectivity index (χ4n) is 3.20. The lowest BCUT2D eigenvalue weighted by atomic mass is 9.81. The number of rotatable bonds is 5. The molecule has 0 radical (unpaired) electrons. The zero-order valence-corrected chi connectivity index (χ0v) is 12.1. The van der Waals surface area contributed by atoms with E-state index in [0.717, 1.165) is 19.6 Å². The van der Waals surface area contributed by atoms with Gasteiger partial charge in [0.15, 0.2) is 0 Å². The Morgan fingerprint density at radius 3 is 2.29 bits per heavy atom. The molecule has 2 rings (SSSR count). The molecule has 2 nitrogen and oxygen atoms in total. The third-order valence-corrected chi connectivity index (χ3v) is 4.35. The molecule has 118 valence electrons. The molecule has 1 saturated heterocycles. The summed E-state index contributed by atoms with van der Waals surface area (Å²) in [7, 11) is 0. The first-order valence-corrected chi connectivity index (χ1v) is 7.53. The minimum absolute atomic E-state index is 0.0485. The molecule has 1 unspecified atom stereocenters. The average Bonchev–Trinajstić information content (AvgIpc) is 2.46. The largest absolute Gasteiger partial charge is 0.392 e. The monoisotopic (exact) mass is 300 g/mol. The summed E-state index contributed by atoms with van der Waals surface area (Å²) in [5.41, 5.74) is 6.57. The van der Waals surface area contributed by atoms with E-state index in [2.05, 4.69) is 17.0 Å². The van der Waals surface area contributed by atoms with Crippen LogP contribution in [0.2, 0.25) is 0 Å². The predicted octanol–water partition coefficient (Wildman–Crippen LogP) is 3.43. The summed E-state index contributed by atoms with van der Waals surface area (Å²) < 4.78 is 39.2. The molecule has 2 N–H and O–H groups in total. The normalized spacial score (nSPS) is 19.6. The maximum atomic E-state index is 13.1. The van der Waals surface area contributed by atoms with Crippen LogP contribution in [0.4, 0.5) is 13.2 Å². The van der Waals surface area contributed by atoms with Crippen LogP contribution in [0.1, 0.15) is 24.8 Å². The van der Waals surface area contributed by atoms with Crippen LogP contribution in [0.25, 0.3) is 0 Å². The molecule has 0 saturated carbocycles. The van der Waals surface area contributed by atoms with Crippen LogP contribution in [-0.2, 0) is 6.54 Å². The SMILES string of the molecule is NCCC(C1CCN(Cc2ccccc2)CC1)C(F)(F)F. The van der Waals surface area contributed by atoms with E-state index in [1.807, 2.05) is 18.2 Å². The predicted molar refractivity (Wildman–Crippen MR) is 77.7 cm³/mol. The first-order valence-electron chi connectivity index (χ1n) is 7.53. The van der Waals surface area contributed by atoms with Gasteiger partial charge in [0.25, 0.3) is 0 Å².